The molecule has 0 radical (unpaired) electrons. The van der Waals surface area contributed by atoms with Crippen molar-refractivity contribution in [2.24, 2.45) is 0 Å². The van der Waals surface area contributed by atoms with E-state index in [9.17, 15) is 22.0 Å². The van der Waals surface area contributed by atoms with E-state index < -0.39 is 29.0 Å². The van der Waals surface area contributed by atoms with Crippen molar-refractivity contribution in [1.82, 2.24) is 14.8 Å². The fourth-order valence-electron chi connectivity index (χ4n) is 3.73. The number of benzene rings is 2. The molecule has 4 nitrogen and oxygen atoms in total. The minimum Gasteiger partial charge on any atom is -0.372 e. The molecule has 0 aliphatic carbocycles. The van der Waals surface area contributed by atoms with Gasteiger partial charge in [0.1, 0.15) is 17.3 Å². The van der Waals surface area contributed by atoms with Crippen molar-refractivity contribution in [2.75, 3.05) is 12.4 Å². The molecule has 0 spiro atoms. The molecule has 0 saturated heterocycles. The highest BCUT2D eigenvalue weighted by molar-refractivity contribution is 6.30. The van der Waals surface area contributed by atoms with E-state index in [4.69, 9.17) is 11.6 Å². The first kappa shape index (κ1) is 23.9. The molecule has 0 aliphatic heterocycles. The van der Waals surface area contributed by atoms with E-state index in [1.54, 1.807) is 0 Å². The minimum absolute atomic E-state index is 0.0121. The number of aryl methyl sites for hydroxylation is 1. The number of halogens is 7. The van der Waals surface area contributed by atoms with Crippen LogP contribution in [0, 0.1) is 12.7 Å². The van der Waals surface area contributed by atoms with Gasteiger partial charge in [0.2, 0.25) is 0 Å². The number of aromatic nitrogens is 3. The van der Waals surface area contributed by atoms with Crippen LogP contribution in [0.4, 0.5) is 32.2 Å². The van der Waals surface area contributed by atoms with Crippen LogP contribution < -0.4 is 5.32 Å². The van der Waals surface area contributed by atoms with E-state index in [-0.39, 0.29) is 33.8 Å². The van der Waals surface area contributed by atoms with E-state index >= 15 is 4.39 Å². The zero-order valence-electron chi connectivity index (χ0n) is 18.0. The third-order valence-corrected chi connectivity index (χ3v) is 5.55. The highest BCUT2D eigenvalue weighted by atomic mass is 35.5. The average molecular weight is 499 g/mol. The van der Waals surface area contributed by atoms with Gasteiger partial charge in [0.15, 0.2) is 5.65 Å². The average Bonchev–Trinajstić information content (AvgIpc) is 3.09. The summed E-state index contributed by atoms with van der Waals surface area (Å²) in [6, 6.07) is 8.64. The summed E-state index contributed by atoms with van der Waals surface area (Å²) >= 11 is 5.87. The van der Waals surface area contributed by atoms with E-state index in [1.165, 1.54) is 38.2 Å². The first-order valence-corrected chi connectivity index (χ1v) is 10.3. The Kier molecular flexibility index (Phi) is 5.75. The van der Waals surface area contributed by atoms with Crippen LogP contribution in [0.1, 0.15) is 23.6 Å². The smallest absolute Gasteiger partial charge is 0.372 e. The predicted molar refractivity (Wildman–Crippen MR) is 118 cm³/mol. The fraction of sp³-hybridized carbons (Fsp3) is 0.217. The minimum atomic E-state index is -4.79. The van der Waals surface area contributed by atoms with Crippen LogP contribution in [0.25, 0.3) is 28.0 Å². The highest BCUT2D eigenvalue weighted by Gasteiger charge is 2.37. The number of hydrogen-bond acceptors (Lipinski definition) is 3. The maximum atomic E-state index is 15.0. The second-order valence-corrected chi connectivity index (χ2v) is 8.22. The second kappa shape index (κ2) is 8.19. The summed E-state index contributed by atoms with van der Waals surface area (Å²) in [5.74, 6) is -4.55. The van der Waals surface area contributed by atoms with Crippen LogP contribution in [0.2, 0.25) is 5.02 Å². The quantitative estimate of drug-likeness (QED) is 0.299. The molecule has 34 heavy (non-hydrogen) atoms. The molecule has 0 saturated carbocycles. The van der Waals surface area contributed by atoms with Gasteiger partial charge in [-0.15, -0.1) is 5.10 Å². The van der Waals surface area contributed by atoms with Crippen LogP contribution in [0.15, 0.2) is 42.5 Å². The molecule has 0 bridgehead atoms. The molecule has 1 N–H and O–H groups in total. The van der Waals surface area contributed by atoms with Crippen molar-refractivity contribution in [3.63, 3.8) is 0 Å². The second-order valence-electron chi connectivity index (χ2n) is 7.78. The zero-order valence-corrected chi connectivity index (χ0v) is 18.8. The number of pyridine rings is 1. The molecule has 0 aliphatic rings. The molecule has 178 valence electrons. The molecule has 2 aromatic carbocycles. The summed E-state index contributed by atoms with van der Waals surface area (Å²) in [4.78, 5) is 4.26. The molecular weight excluding hydrogens is 482 g/mol. The van der Waals surface area contributed by atoms with Crippen LogP contribution in [-0.4, -0.2) is 21.8 Å². The number of anilines is 1. The molecular formula is C23H17ClF6N4. The Morgan fingerprint density at radius 2 is 1.65 bits per heavy atom. The monoisotopic (exact) mass is 498 g/mol. The van der Waals surface area contributed by atoms with Gasteiger partial charge in [0.05, 0.1) is 16.6 Å². The molecule has 2 heterocycles. The summed E-state index contributed by atoms with van der Waals surface area (Å²) in [7, 11) is 1.35. The number of fused-ring (bicyclic) bond motifs is 1. The van der Waals surface area contributed by atoms with Crippen molar-refractivity contribution in [3.8, 4) is 16.9 Å². The summed E-state index contributed by atoms with van der Waals surface area (Å²) in [5.41, 5.74) is -1.74. The van der Waals surface area contributed by atoms with Crippen LogP contribution in [0.3, 0.4) is 0 Å². The number of rotatable bonds is 4. The number of nitrogens with zero attached hydrogens (tertiary/aromatic N) is 3. The molecule has 11 heteroatoms. The number of hydrogen-bond donors (Lipinski definition) is 1. The standard InChI is InChI=1S/C23H17ClF6N4/c1-11-8-13(22(2,26)27)9-16(25)19(11)34-21(31-3)18-15(23(28,29)30)10-17(32-20(18)33-34)12-4-6-14(24)7-5-12/h4-10,31H,1-3H3. The van der Waals surface area contributed by atoms with Crippen LogP contribution in [-0.2, 0) is 12.1 Å². The highest BCUT2D eigenvalue weighted by Crippen LogP contribution is 2.41. The van der Waals surface area contributed by atoms with Gasteiger partial charge in [-0.25, -0.2) is 22.8 Å². The topological polar surface area (TPSA) is 42.7 Å². The molecule has 0 fully saturated rings. The van der Waals surface area contributed by atoms with Crippen molar-refractivity contribution in [3.05, 3.63) is 70.0 Å². The summed E-state index contributed by atoms with van der Waals surface area (Å²) < 4.78 is 85.6. The zero-order chi connectivity index (χ0) is 25.0. The molecule has 2 aromatic heterocycles. The predicted octanol–water partition coefficient (Wildman–Crippen LogP) is 7.36. The van der Waals surface area contributed by atoms with Crippen molar-refractivity contribution >= 4 is 28.5 Å². The maximum absolute atomic E-state index is 15.0. The van der Waals surface area contributed by atoms with Gasteiger partial charge in [0.25, 0.3) is 5.92 Å². The van der Waals surface area contributed by atoms with Gasteiger partial charge in [-0.05, 0) is 42.8 Å². The van der Waals surface area contributed by atoms with Crippen molar-refractivity contribution in [2.45, 2.75) is 25.9 Å². The van der Waals surface area contributed by atoms with Gasteiger partial charge >= 0.3 is 6.18 Å². The first-order valence-electron chi connectivity index (χ1n) is 9.94. The Balaban J connectivity index is 2.03. The molecule has 0 unspecified atom stereocenters. The van der Waals surface area contributed by atoms with Gasteiger partial charge < -0.3 is 5.32 Å². The van der Waals surface area contributed by atoms with E-state index in [0.717, 1.165) is 16.8 Å². The molecule has 0 atom stereocenters. The lowest BCUT2D eigenvalue weighted by atomic mass is 10.0. The third kappa shape index (κ3) is 4.18. The van der Waals surface area contributed by atoms with Gasteiger partial charge in [-0.3, -0.25) is 0 Å². The lowest BCUT2D eigenvalue weighted by Gasteiger charge is -2.16. The van der Waals surface area contributed by atoms with E-state index in [2.05, 4.69) is 15.4 Å². The lowest BCUT2D eigenvalue weighted by molar-refractivity contribution is -0.136. The maximum Gasteiger partial charge on any atom is 0.417 e. The molecule has 0 amide bonds. The Labute approximate surface area is 195 Å². The SMILES string of the molecule is CNc1c2c(C(F)(F)F)cc(-c3ccc(Cl)cc3)nc2nn1-c1c(C)cc(C(C)(F)F)cc1F. The van der Waals surface area contributed by atoms with Crippen LogP contribution in [0.5, 0.6) is 0 Å². The van der Waals surface area contributed by atoms with Crippen molar-refractivity contribution in [1.29, 1.82) is 0 Å². The first-order chi connectivity index (χ1) is 15.8. The Bertz CT molecular complexity index is 1370. The van der Waals surface area contributed by atoms with Gasteiger partial charge in [-0.1, -0.05) is 23.7 Å². The fourth-order valence-corrected chi connectivity index (χ4v) is 3.86. The molecule has 4 rings (SSSR count). The summed E-state index contributed by atoms with van der Waals surface area (Å²) in [6.07, 6.45) is -4.79. The van der Waals surface area contributed by atoms with Crippen LogP contribution >= 0.6 is 11.6 Å². The third-order valence-electron chi connectivity index (χ3n) is 5.30. The van der Waals surface area contributed by atoms with Gasteiger partial charge in [-0.2, -0.15) is 13.2 Å². The summed E-state index contributed by atoms with van der Waals surface area (Å²) in [6.45, 7) is 2.00. The van der Waals surface area contributed by atoms with E-state index in [0.29, 0.717) is 23.6 Å². The normalized spacial score (nSPS) is 12.4. The molecule has 4 aromatic rings. The number of alkyl halides is 5. The lowest BCUT2D eigenvalue weighted by Crippen LogP contribution is -2.12. The largest absolute Gasteiger partial charge is 0.417 e. The van der Waals surface area contributed by atoms with Crippen molar-refractivity contribution < 1.29 is 26.3 Å². The Hall–Kier alpha value is -3.27. The van der Waals surface area contributed by atoms with Gasteiger partial charge in [0, 0.05) is 30.1 Å². The van der Waals surface area contributed by atoms with E-state index in [1.807, 2.05) is 0 Å². The Morgan fingerprint density at radius 1 is 1.00 bits per heavy atom. The Morgan fingerprint density at radius 3 is 2.18 bits per heavy atom. The summed E-state index contributed by atoms with van der Waals surface area (Å²) in [5, 5.41) is 6.78. The number of nitrogens with one attached hydrogen (secondary N) is 1.